The molecule has 2 N–H and O–H groups in total. The highest BCUT2D eigenvalue weighted by Gasteiger charge is 2.20. The molecule has 0 bridgehead atoms. The van der Waals surface area contributed by atoms with Gasteiger partial charge in [-0.15, -0.1) is 0 Å². The molecule has 0 aromatic heterocycles. The number of rotatable bonds is 7. The first-order chi connectivity index (χ1) is 9.92. The minimum absolute atomic E-state index is 0.0581. The third-order valence-corrected chi connectivity index (χ3v) is 3.36. The molecule has 0 aliphatic carbocycles. The molecule has 0 radical (unpaired) electrons. The minimum atomic E-state index is -0.467. The number of halogens is 1. The molecule has 1 aromatic rings. The van der Waals surface area contributed by atoms with Crippen molar-refractivity contribution in [2.45, 2.75) is 26.3 Å². The molecule has 0 fully saturated rings. The summed E-state index contributed by atoms with van der Waals surface area (Å²) in [6.45, 7) is 4.08. The Morgan fingerprint density at radius 2 is 1.86 bits per heavy atom. The Hall–Kier alpha value is -1.40. The zero-order chi connectivity index (χ0) is 15.8. The molecule has 1 amide bonds. The summed E-state index contributed by atoms with van der Waals surface area (Å²) in [6.07, 6.45) is 0.623. The Bertz CT molecular complexity index is 474. The first-order valence-electron chi connectivity index (χ1n) is 6.79. The molecule has 116 valence electrons. The van der Waals surface area contributed by atoms with Crippen LogP contribution >= 0.6 is 15.9 Å². The second-order valence-electron chi connectivity index (χ2n) is 5.14. The van der Waals surface area contributed by atoms with Crippen molar-refractivity contribution in [2.75, 3.05) is 19.0 Å². The zero-order valence-corrected chi connectivity index (χ0v) is 14.1. The molecular weight excluding hydrogens is 336 g/mol. The van der Waals surface area contributed by atoms with E-state index in [1.54, 1.807) is 12.1 Å². The number of carbonyl (C=O) groups is 2. The maximum absolute atomic E-state index is 11.9. The number of ether oxygens (including phenoxy) is 1. The summed E-state index contributed by atoms with van der Waals surface area (Å²) in [5.41, 5.74) is 0.712. The first-order valence-corrected chi connectivity index (χ1v) is 7.58. The lowest BCUT2D eigenvalue weighted by atomic mass is 10.0. The average Bonchev–Trinajstić information content (AvgIpc) is 2.44. The van der Waals surface area contributed by atoms with Crippen LogP contribution in [0.4, 0.5) is 5.69 Å². The second kappa shape index (κ2) is 8.79. The maximum atomic E-state index is 11.9. The van der Waals surface area contributed by atoms with Crippen LogP contribution in [0.2, 0.25) is 0 Å². The van der Waals surface area contributed by atoms with Gasteiger partial charge in [-0.3, -0.25) is 14.9 Å². The van der Waals surface area contributed by atoms with E-state index in [1.165, 1.54) is 7.11 Å². The van der Waals surface area contributed by atoms with Crippen molar-refractivity contribution in [1.82, 2.24) is 5.32 Å². The normalized spacial score (nSPS) is 12.0. The molecule has 1 unspecified atom stereocenters. The SMILES string of the molecule is COC(=O)C(CC(C)C)NCC(=O)Nc1ccc(Br)cc1. The van der Waals surface area contributed by atoms with Crippen LogP contribution in [0.3, 0.4) is 0 Å². The van der Waals surface area contributed by atoms with E-state index >= 15 is 0 Å². The van der Waals surface area contributed by atoms with Crippen molar-refractivity contribution < 1.29 is 14.3 Å². The minimum Gasteiger partial charge on any atom is -0.468 e. The van der Waals surface area contributed by atoms with Gasteiger partial charge in [-0.1, -0.05) is 29.8 Å². The fourth-order valence-corrected chi connectivity index (χ4v) is 2.10. The summed E-state index contributed by atoms with van der Waals surface area (Å²) in [5, 5.41) is 5.70. The van der Waals surface area contributed by atoms with E-state index in [0.29, 0.717) is 18.0 Å². The van der Waals surface area contributed by atoms with Gasteiger partial charge in [-0.2, -0.15) is 0 Å². The number of hydrogen-bond acceptors (Lipinski definition) is 4. The lowest BCUT2D eigenvalue weighted by Crippen LogP contribution is -2.42. The van der Waals surface area contributed by atoms with E-state index in [4.69, 9.17) is 4.74 Å². The highest BCUT2D eigenvalue weighted by molar-refractivity contribution is 9.10. The van der Waals surface area contributed by atoms with Crippen LogP contribution in [0.5, 0.6) is 0 Å². The van der Waals surface area contributed by atoms with Gasteiger partial charge >= 0.3 is 5.97 Å². The standard InChI is InChI=1S/C15H21BrN2O3/c1-10(2)8-13(15(20)21-3)17-9-14(19)18-12-6-4-11(16)5-7-12/h4-7,10,13,17H,8-9H2,1-3H3,(H,18,19). The van der Waals surface area contributed by atoms with Crippen molar-refractivity contribution in [3.63, 3.8) is 0 Å². The Morgan fingerprint density at radius 3 is 2.38 bits per heavy atom. The molecule has 1 atom stereocenters. The Balaban J connectivity index is 2.49. The molecule has 1 rings (SSSR count). The van der Waals surface area contributed by atoms with Gasteiger partial charge in [0.1, 0.15) is 6.04 Å². The fraction of sp³-hybridized carbons (Fsp3) is 0.467. The molecule has 0 aliphatic rings. The molecule has 0 aliphatic heterocycles. The molecule has 0 saturated carbocycles. The fourth-order valence-electron chi connectivity index (χ4n) is 1.83. The summed E-state index contributed by atoms with van der Waals surface area (Å²) in [7, 11) is 1.35. The van der Waals surface area contributed by atoms with E-state index in [-0.39, 0.29) is 18.4 Å². The van der Waals surface area contributed by atoms with E-state index in [0.717, 1.165) is 4.47 Å². The van der Waals surface area contributed by atoms with E-state index in [9.17, 15) is 9.59 Å². The highest BCUT2D eigenvalue weighted by atomic mass is 79.9. The number of methoxy groups -OCH3 is 1. The number of benzene rings is 1. The van der Waals surface area contributed by atoms with E-state index in [2.05, 4.69) is 26.6 Å². The van der Waals surface area contributed by atoms with Crippen LogP contribution in [0.1, 0.15) is 20.3 Å². The quantitative estimate of drug-likeness (QED) is 0.736. The molecule has 0 heterocycles. The number of anilines is 1. The Labute approximate surface area is 133 Å². The van der Waals surface area contributed by atoms with Crippen molar-refractivity contribution in [3.8, 4) is 0 Å². The van der Waals surface area contributed by atoms with Crippen LogP contribution in [0.25, 0.3) is 0 Å². The van der Waals surface area contributed by atoms with Gasteiger partial charge in [-0.05, 0) is 36.6 Å². The van der Waals surface area contributed by atoms with Gasteiger partial charge in [0.25, 0.3) is 0 Å². The van der Waals surface area contributed by atoms with Gasteiger partial charge < -0.3 is 10.1 Å². The smallest absolute Gasteiger partial charge is 0.322 e. The van der Waals surface area contributed by atoms with Crippen LogP contribution in [-0.2, 0) is 14.3 Å². The summed E-state index contributed by atoms with van der Waals surface area (Å²) in [5.74, 6) is -0.216. The molecule has 21 heavy (non-hydrogen) atoms. The largest absolute Gasteiger partial charge is 0.468 e. The number of nitrogens with one attached hydrogen (secondary N) is 2. The predicted molar refractivity (Wildman–Crippen MR) is 86.0 cm³/mol. The lowest BCUT2D eigenvalue weighted by molar-refractivity contribution is -0.143. The summed E-state index contributed by atoms with van der Waals surface area (Å²) < 4.78 is 5.68. The number of carbonyl (C=O) groups excluding carboxylic acids is 2. The van der Waals surface area contributed by atoms with Crippen molar-refractivity contribution >= 4 is 33.5 Å². The van der Waals surface area contributed by atoms with Crippen LogP contribution < -0.4 is 10.6 Å². The molecular formula is C15H21BrN2O3. The third-order valence-electron chi connectivity index (χ3n) is 2.83. The molecule has 0 spiro atoms. The van der Waals surface area contributed by atoms with Gasteiger partial charge in [0.05, 0.1) is 13.7 Å². The third kappa shape index (κ3) is 6.73. The highest BCUT2D eigenvalue weighted by Crippen LogP contribution is 2.13. The van der Waals surface area contributed by atoms with Crippen LogP contribution in [0, 0.1) is 5.92 Å². The summed E-state index contributed by atoms with van der Waals surface area (Å²) >= 11 is 3.33. The van der Waals surface area contributed by atoms with Crippen LogP contribution in [0.15, 0.2) is 28.7 Å². The monoisotopic (exact) mass is 356 g/mol. The second-order valence-corrected chi connectivity index (χ2v) is 6.06. The number of esters is 1. The average molecular weight is 357 g/mol. The van der Waals surface area contributed by atoms with Crippen LogP contribution in [-0.4, -0.2) is 31.6 Å². The van der Waals surface area contributed by atoms with Crippen molar-refractivity contribution in [3.05, 3.63) is 28.7 Å². The van der Waals surface area contributed by atoms with Crippen molar-refractivity contribution in [2.24, 2.45) is 5.92 Å². The van der Waals surface area contributed by atoms with Gasteiger partial charge in [0, 0.05) is 10.2 Å². The van der Waals surface area contributed by atoms with Gasteiger partial charge in [0.2, 0.25) is 5.91 Å². The number of amides is 1. The van der Waals surface area contributed by atoms with Crippen molar-refractivity contribution in [1.29, 1.82) is 0 Å². The topological polar surface area (TPSA) is 67.4 Å². The van der Waals surface area contributed by atoms with Gasteiger partial charge in [0.15, 0.2) is 0 Å². The first kappa shape index (κ1) is 17.7. The predicted octanol–water partition coefficient (Wildman–Crippen LogP) is 2.56. The Kier molecular flexibility index (Phi) is 7.39. The molecule has 5 nitrogen and oxygen atoms in total. The number of hydrogen-bond donors (Lipinski definition) is 2. The van der Waals surface area contributed by atoms with E-state index < -0.39 is 6.04 Å². The maximum Gasteiger partial charge on any atom is 0.322 e. The summed E-state index contributed by atoms with van der Waals surface area (Å²) in [6, 6.07) is 6.82. The molecule has 6 heteroatoms. The molecule has 1 aromatic carbocycles. The zero-order valence-electron chi connectivity index (χ0n) is 12.5. The Morgan fingerprint density at radius 1 is 1.24 bits per heavy atom. The van der Waals surface area contributed by atoms with Gasteiger partial charge in [-0.25, -0.2) is 0 Å². The van der Waals surface area contributed by atoms with E-state index in [1.807, 2.05) is 26.0 Å². The lowest BCUT2D eigenvalue weighted by Gasteiger charge is -2.18. The summed E-state index contributed by atoms with van der Waals surface area (Å²) in [4.78, 5) is 23.5. The molecule has 0 saturated heterocycles.